The zero-order chi connectivity index (χ0) is 14.7. The van der Waals surface area contributed by atoms with Crippen LogP contribution in [0.15, 0.2) is 18.3 Å². The number of anilines is 1. The molecule has 114 valence electrons. The Morgan fingerprint density at radius 2 is 2.19 bits per heavy atom. The molecule has 2 saturated heterocycles. The molecule has 1 aromatic heterocycles. The van der Waals surface area contributed by atoms with Crippen molar-refractivity contribution in [2.75, 3.05) is 31.2 Å². The minimum absolute atomic E-state index is 0.0701. The number of carbonyl (C=O) groups is 1. The van der Waals surface area contributed by atoms with Crippen molar-refractivity contribution in [3.05, 3.63) is 24.1 Å². The number of pyridine rings is 1. The molecule has 0 aliphatic carbocycles. The zero-order valence-corrected chi connectivity index (χ0v) is 11.9. The van der Waals surface area contributed by atoms with Crippen molar-refractivity contribution in [1.82, 2.24) is 10.3 Å². The molecule has 3 heterocycles. The van der Waals surface area contributed by atoms with Crippen LogP contribution >= 0.6 is 0 Å². The van der Waals surface area contributed by atoms with Crippen LogP contribution < -0.4 is 10.2 Å². The summed E-state index contributed by atoms with van der Waals surface area (Å²) in [6.45, 7) is 2.62. The van der Waals surface area contributed by atoms with Crippen LogP contribution in [0.3, 0.4) is 0 Å². The number of rotatable bonds is 3. The summed E-state index contributed by atoms with van der Waals surface area (Å²) in [7, 11) is 0. The molecule has 0 saturated carbocycles. The monoisotopic (exact) mass is 293 g/mol. The molecule has 1 atom stereocenters. The third-order valence-electron chi connectivity index (χ3n) is 4.17. The molecule has 1 amide bonds. The molecule has 6 heteroatoms. The van der Waals surface area contributed by atoms with E-state index >= 15 is 0 Å². The van der Waals surface area contributed by atoms with E-state index in [1.54, 1.807) is 12.3 Å². The topological polar surface area (TPSA) is 54.5 Å². The van der Waals surface area contributed by atoms with Gasteiger partial charge in [-0.1, -0.05) is 0 Å². The summed E-state index contributed by atoms with van der Waals surface area (Å²) >= 11 is 0. The van der Waals surface area contributed by atoms with Crippen LogP contribution in [0, 0.1) is 11.7 Å². The number of hydrogen-bond acceptors (Lipinski definition) is 4. The second kappa shape index (κ2) is 6.39. The Kier molecular flexibility index (Phi) is 4.34. The van der Waals surface area contributed by atoms with Crippen LogP contribution in [-0.2, 0) is 9.53 Å². The van der Waals surface area contributed by atoms with Crippen molar-refractivity contribution >= 4 is 11.7 Å². The molecule has 1 aromatic rings. The molecular formula is C15H20FN3O2. The second-order valence-corrected chi connectivity index (χ2v) is 5.64. The van der Waals surface area contributed by atoms with E-state index < -0.39 is 0 Å². The summed E-state index contributed by atoms with van der Waals surface area (Å²) in [4.78, 5) is 18.2. The lowest BCUT2D eigenvalue weighted by Crippen LogP contribution is -2.42. The van der Waals surface area contributed by atoms with Crippen molar-refractivity contribution in [3.8, 4) is 0 Å². The van der Waals surface area contributed by atoms with Gasteiger partial charge in [-0.25, -0.2) is 9.37 Å². The fourth-order valence-corrected chi connectivity index (χ4v) is 2.94. The Morgan fingerprint density at radius 3 is 2.95 bits per heavy atom. The van der Waals surface area contributed by atoms with Gasteiger partial charge in [0, 0.05) is 38.5 Å². The summed E-state index contributed by atoms with van der Waals surface area (Å²) in [6.07, 6.45) is 4.06. The van der Waals surface area contributed by atoms with E-state index in [0.29, 0.717) is 32.1 Å². The molecule has 0 radical (unpaired) electrons. The Morgan fingerprint density at radius 1 is 1.38 bits per heavy atom. The smallest absolute Gasteiger partial charge is 0.225 e. The van der Waals surface area contributed by atoms with Crippen LogP contribution in [0.25, 0.3) is 0 Å². The van der Waals surface area contributed by atoms with Gasteiger partial charge in [0.25, 0.3) is 0 Å². The molecule has 21 heavy (non-hydrogen) atoms. The van der Waals surface area contributed by atoms with Gasteiger partial charge in [0.2, 0.25) is 5.91 Å². The van der Waals surface area contributed by atoms with Gasteiger partial charge in [0.05, 0.1) is 5.92 Å². The number of amides is 1. The van der Waals surface area contributed by atoms with E-state index in [1.165, 1.54) is 6.07 Å². The molecule has 2 aliphatic rings. The normalized spacial score (nSPS) is 23.3. The van der Waals surface area contributed by atoms with E-state index in [2.05, 4.69) is 10.3 Å². The summed E-state index contributed by atoms with van der Waals surface area (Å²) in [6, 6.07) is 3.19. The predicted octanol–water partition coefficient (Wildman–Crippen LogP) is 1.34. The fourth-order valence-electron chi connectivity index (χ4n) is 2.94. The average Bonchev–Trinajstić information content (AvgIpc) is 2.98. The van der Waals surface area contributed by atoms with Crippen molar-refractivity contribution in [2.24, 2.45) is 5.92 Å². The van der Waals surface area contributed by atoms with Gasteiger partial charge < -0.3 is 15.0 Å². The molecular weight excluding hydrogens is 273 g/mol. The Bertz CT molecular complexity index is 505. The first-order valence-corrected chi connectivity index (χ1v) is 7.47. The Hall–Kier alpha value is -1.69. The lowest BCUT2D eigenvalue weighted by molar-refractivity contribution is -0.125. The number of carbonyl (C=O) groups excluding carboxylic acids is 1. The summed E-state index contributed by atoms with van der Waals surface area (Å²) in [5, 5.41) is 3.09. The molecule has 5 nitrogen and oxygen atoms in total. The first-order chi connectivity index (χ1) is 10.2. The first kappa shape index (κ1) is 14.3. The van der Waals surface area contributed by atoms with Crippen molar-refractivity contribution in [2.45, 2.75) is 25.3 Å². The van der Waals surface area contributed by atoms with E-state index in [1.807, 2.05) is 4.90 Å². The van der Waals surface area contributed by atoms with Gasteiger partial charge in [-0.2, -0.15) is 0 Å². The standard InChI is InChI=1S/C15H20FN3O2/c16-13-2-1-6-17-14(13)19-7-3-11(10-19)15(20)18-12-4-8-21-9-5-12/h1-2,6,11-12H,3-5,7-10H2,(H,18,20). The minimum atomic E-state index is -0.331. The highest BCUT2D eigenvalue weighted by molar-refractivity contribution is 5.80. The molecule has 0 aromatic carbocycles. The summed E-state index contributed by atoms with van der Waals surface area (Å²) < 4.78 is 19.0. The number of nitrogens with zero attached hydrogens (tertiary/aromatic N) is 2. The highest BCUT2D eigenvalue weighted by atomic mass is 19.1. The summed E-state index contributed by atoms with van der Waals surface area (Å²) in [5.74, 6) is -0.00292. The fraction of sp³-hybridized carbons (Fsp3) is 0.600. The first-order valence-electron chi connectivity index (χ1n) is 7.47. The summed E-state index contributed by atoms with van der Waals surface area (Å²) in [5.41, 5.74) is 0. The Labute approximate surface area is 123 Å². The number of hydrogen-bond donors (Lipinski definition) is 1. The van der Waals surface area contributed by atoms with Crippen LogP contribution in [-0.4, -0.2) is 43.2 Å². The van der Waals surface area contributed by atoms with Crippen molar-refractivity contribution < 1.29 is 13.9 Å². The van der Waals surface area contributed by atoms with E-state index in [9.17, 15) is 9.18 Å². The molecule has 0 spiro atoms. The van der Waals surface area contributed by atoms with Gasteiger partial charge in [-0.3, -0.25) is 4.79 Å². The quantitative estimate of drug-likeness (QED) is 0.914. The van der Waals surface area contributed by atoms with E-state index in [4.69, 9.17) is 4.74 Å². The molecule has 1 N–H and O–H groups in total. The number of nitrogens with one attached hydrogen (secondary N) is 1. The lowest BCUT2D eigenvalue weighted by atomic mass is 10.1. The van der Waals surface area contributed by atoms with Gasteiger partial charge in [-0.15, -0.1) is 0 Å². The van der Waals surface area contributed by atoms with Gasteiger partial charge in [0.15, 0.2) is 11.6 Å². The van der Waals surface area contributed by atoms with Crippen LogP contribution in [0.2, 0.25) is 0 Å². The van der Waals surface area contributed by atoms with Crippen molar-refractivity contribution in [3.63, 3.8) is 0 Å². The van der Waals surface area contributed by atoms with Gasteiger partial charge >= 0.3 is 0 Å². The molecule has 2 aliphatic heterocycles. The molecule has 2 fully saturated rings. The number of halogens is 1. The lowest BCUT2D eigenvalue weighted by Gasteiger charge is -2.24. The number of aromatic nitrogens is 1. The molecule has 3 rings (SSSR count). The maximum atomic E-state index is 13.7. The van der Waals surface area contributed by atoms with Crippen molar-refractivity contribution in [1.29, 1.82) is 0 Å². The molecule has 1 unspecified atom stereocenters. The highest BCUT2D eigenvalue weighted by Gasteiger charge is 2.31. The largest absolute Gasteiger partial charge is 0.381 e. The Balaban J connectivity index is 1.56. The van der Waals surface area contributed by atoms with Gasteiger partial charge in [-0.05, 0) is 31.4 Å². The third kappa shape index (κ3) is 3.32. The van der Waals surface area contributed by atoms with Gasteiger partial charge in [0.1, 0.15) is 0 Å². The maximum absolute atomic E-state index is 13.7. The van der Waals surface area contributed by atoms with E-state index in [-0.39, 0.29) is 23.7 Å². The van der Waals surface area contributed by atoms with Crippen LogP contribution in [0.5, 0.6) is 0 Å². The van der Waals surface area contributed by atoms with Crippen LogP contribution in [0.1, 0.15) is 19.3 Å². The average molecular weight is 293 g/mol. The van der Waals surface area contributed by atoms with E-state index in [0.717, 1.165) is 19.3 Å². The third-order valence-corrected chi connectivity index (χ3v) is 4.17. The minimum Gasteiger partial charge on any atom is -0.381 e. The molecule has 0 bridgehead atoms. The highest BCUT2D eigenvalue weighted by Crippen LogP contribution is 2.24. The number of ether oxygens (including phenoxy) is 1. The zero-order valence-electron chi connectivity index (χ0n) is 11.9. The predicted molar refractivity (Wildman–Crippen MR) is 76.5 cm³/mol. The van der Waals surface area contributed by atoms with Crippen LogP contribution in [0.4, 0.5) is 10.2 Å². The second-order valence-electron chi connectivity index (χ2n) is 5.64. The SMILES string of the molecule is O=C(NC1CCOCC1)C1CCN(c2ncccc2F)C1. The maximum Gasteiger partial charge on any atom is 0.225 e.